The lowest BCUT2D eigenvalue weighted by atomic mass is 9.47. The van der Waals surface area contributed by atoms with Gasteiger partial charge in [0.25, 0.3) is 0 Å². The summed E-state index contributed by atoms with van der Waals surface area (Å²) in [6, 6.07) is 0. The van der Waals surface area contributed by atoms with E-state index in [1.165, 1.54) is 37.7 Å². The van der Waals surface area contributed by atoms with Gasteiger partial charge in [0.05, 0.1) is 12.7 Å². The van der Waals surface area contributed by atoms with Crippen LogP contribution in [0.15, 0.2) is 23.8 Å². The summed E-state index contributed by atoms with van der Waals surface area (Å²) in [4.78, 5) is 0. The molecule has 3 saturated carbocycles. The van der Waals surface area contributed by atoms with Crippen LogP contribution in [0.3, 0.4) is 0 Å². The molecule has 0 bridgehead atoms. The number of hydrogen-bond donors (Lipinski definition) is 4. The summed E-state index contributed by atoms with van der Waals surface area (Å²) in [5.74, 6) is 5.05. The van der Waals surface area contributed by atoms with Crippen LogP contribution in [-0.4, -0.2) is 63.8 Å². The molecule has 4 fully saturated rings. The van der Waals surface area contributed by atoms with Gasteiger partial charge in [-0.3, -0.25) is 0 Å². The number of rotatable bonds is 8. The summed E-state index contributed by atoms with van der Waals surface area (Å²) in [5.41, 5.74) is 2.11. The Morgan fingerprint density at radius 2 is 1.73 bits per heavy atom. The molecule has 1 aliphatic heterocycles. The fraction of sp³-hybridized carbons (Fsp3) is 0.886. The van der Waals surface area contributed by atoms with Crippen molar-refractivity contribution in [1.82, 2.24) is 0 Å². The normalized spacial score (nSPS) is 47.9. The van der Waals surface area contributed by atoms with E-state index >= 15 is 0 Å². The van der Waals surface area contributed by atoms with Crippen molar-refractivity contribution in [2.24, 2.45) is 52.3 Å². The molecule has 41 heavy (non-hydrogen) atoms. The number of ether oxygens (including phenoxy) is 2. The van der Waals surface area contributed by atoms with Gasteiger partial charge < -0.3 is 29.9 Å². The zero-order valence-electron chi connectivity index (χ0n) is 26.4. The second kappa shape index (κ2) is 12.3. The van der Waals surface area contributed by atoms with Gasteiger partial charge in [-0.2, -0.15) is 0 Å². The molecule has 0 spiro atoms. The topological polar surface area (TPSA) is 99.4 Å². The Morgan fingerprint density at radius 1 is 0.976 bits per heavy atom. The van der Waals surface area contributed by atoms with Gasteiger partial charge in [-0.25, -0.2) is 0 Å². The van der Waals surface area contributed by atoms with Gasteiger partial charge in [0.15, 0.2) is 6.29 Å². The van der Waals surface area contributed by atoms with E-state index in [-0.39, 0.29) is 11.5 Å². The Morgan fingerprint density at radius 3 is 2.41 bits per heavy atom. The lowest BCUT2D eigenvalue weighted by Crippen LogP contribution is -2.60. The maximum atomic E-state index is 10.5. The zero-order chi connectivity index (χ0) is 29.7. The first-order valence-corrected chi connectivity index (χ1v) is 16.8. The van der Waals surface area contributed by atoms with E-state index in [2.05, 4.69) is 59.8 Å². The van der Waals surface area contributed by atoms with E-state index in [1.807, 2.05) is 0 Å². The average Bonchev–Trinajstić information content (AvgIpc) is 3.30. The molecule has 234 valence electrons. The summed E-state index contributed by atoms with van der Waals surface area (Å²) < 4.78 is 11.9. The standard InChI is InChI=1S/C35H58O6/c1-7-22(20(2)3)9-8-21(4)26-12-13-27-25-11-10-23-18-24(14-16-34(23,5)28(25)15-17-35(26,27)6)40-33-32(39)31(38)30(37)29(19-36)41-33/h8-10,20-22,24-33,36-39H,7,11-19H2,1-6H3/b9-8+/t21-,22-,24+,25-,26-,27+,28-,29-,30-,31+,32-,33-,34+,35-/m1/s1. The van der Waals surface area contributed by atoms with E-state index in [0.29, 0.717) is 29.1 Å². The molecule has 0 aromatic carbocycles. The molecule has 0 amide bonds. The van der Waals surface area contributed by atoms with Crippen LogP contribution in [-0.2, 0) is 9.47 Å². The predicted molar refractivity (Wildman–Crippen MR) is 161 cm³/mol. The summed E-state index contributed by atoms with van der Waals surface area (Å²) in [6.45, 7) is 14.2. The van der Waals surface area contributed by atoms with Crippen LogP contribution in [0.1, 0.15) is 99.3 Å². The zero-order valence-corrected chi connectivity index (χ0v) is 26.4. The highest BCUT2D eigenvalue weighted by Crippen LogP contribution is 2.67. The van der Waals surface area contributed by atoms with Crippen molar-refractivity contribution >= 4 is 0 Å². The second-order valence-electron chi connectivity index (χ2n) is 15.2. The van der Waals surface area contributed by atoms with Crippen LogP contribution in [0.2, 0.25) is 0 Å². The first-order chi connectivity index (χ1) is 19.4. The van der Waals surface area contributed by atoms with Gasteiger partial charge in [0, 0.05) is 0 Å². The number of aliphatic hydroxyl groups excluding tert-OH is 4. The molecular formula is C35H58O6. The van der Waals surface area contributed by atoms with Gasteiger partial charge in [-0.1, -0.05) is 65.3 Å². The molecular weight excluding hydrogens is 516 g/mol. The van der Waals surface area contributed by atoms with Crippen molar-refractivity contribution < 1.29 is 29.9 Å². The van der Waals surface area contributed by atoms with Gasteiger partial charge in [-0.15, -0.1) is 0 Å². The molecule has 4 N–H and O–H groups in total. The molecule has 1 heterocycles. The molecule has 14 atom stereocenters. The van der Waals surface area contributed by atoms with E-state index in [9.17, 15) is 20.4 Å². The van der Waals surface area contributed by atoms with Crippen molar-refractivity contribution in [3.05, 3.63) is 23.8 Å². The lowest BCUT2D eigenvalue weighted by Gasteiger charge is -2.58. The minimum Gasteiger partial charge on any atom is -0.394 e. The SMILES string of the molecule is CC[C@H](/C=C/[C@@H](C)[C@H]1CC[C@H]2[C@H]3CC=C4C[C@@H](O[C@@H]5O[C@H](CO)[C@@H](O)[C@H](O)[C@H]5O)CC[C@]4(C)[C@@H]3CC[C@]12C)C(C)C. The summed E-state index contributed by atoms with van der Waals surface area (Å²) >= 11 is 0. The van der Waals surface area contributed by atoms with Crippen molar-refractivity contribution in [2.45, 2.75) is 136 Å². The Balaban J connectivity index is 1.26. The fourth-order valence-corrected chi connectivity index (χ4v) is 10.3. The Kier molecular flexibility index (Phi) is 9.51. The third-order valence-electron chi connectivity index (χ3n) is 12.9. The Bertz CT molecular complexity index is 960. The van der Waals surface area contributed by atoms with Crippen LogP contribution in [0.5, 0.6) is 0 Å². The number of fused-ring (bicyclic) bond motifs is 5. The first-order valence-electron chi connectivity index (χ1n) is 16.8. The van der Waals surface area contributed by atoms with E-state index in [4.69, 9.17) is 9.47 Å². The molecule has 6 heteroatoms. The Hall–Kier alpha value is -0.760. The van der Waals surface area contributed by atoms with Crippen LogP contribution >= 0.6 is 0 Å². The molecule has 6 nitrogen and oxygen atoms in total. The maximum Gasteiger partial charge on any atom is 0.186 e. The fourth-order valence-electron chi connectivity index (χ4n) is 10.3. The van der Waals surface area contributed by atoms with Crippen LogP contribution < -0.4 is 0 Å². The van der Waals surface area contributed by atoms with Crippen molar-refractivity contribution in [2.75, 3.05) is 6.61 Å². The highest BCUT2D eigenvalue weighted by Gasteiger charge is 2.59. The van der Waals surface area contributed by atoms with Crippen LogP contribution in [0, 0.1) is 52.3 Å². The van der Waals surface area contributed by atoms with Crippen molar-refractivity contribution in [3.63, 3.8) is 0 Å². The number of hydrogen-bond acceptors (Lipinski definition) is 6. The third kappa shape index (κ3) is 5.64. The Labute approximate surface area is 248 Å². The van der Waals surface area contributed by atoms with Gasteiger partial charge in [-0.05, 0) is 110 Å². The van der Waals surface area contributed by atoms with Gasteiger partial charge in [0.2, 0.25) is 0 Å². The molecule has 5 rings (SSSR count). The molecule has 4 aliphatic carbocycles. The minimum absolute atomic E-state index is 0.109. The number of aliphatic hydroxyl groups is 4. The average molecular weight is 575 g/mol. The van der Waals surface area contributed by atoms with Gasteiger partial charge in [0.1, 0.15) is 24.4 Å². The summed E-state index contributed by atoms with van der Waals surface area (Å²) in [7, 11) is 0. The van der Waals surface area contributed by atoms with Crippen LogP contribution in [0.25, 0.3) is 0 Å². The second-order valence-corrected chi connectivity index (χ2v) is 15.2. The van der Waals surface area contributed by atoms with Crippen molar-refractivity contribution in [3.8, 4) is 0 Å². The molecule has 0 unspecified atom stereocenters. The maximum absolute atomic E-state index is 10.5. The smallest absolute Gasteiger partial charge is 0.186 e. The number of allylic oxidation sites excluding steroid dienone is 3. The molecule has 1 saturated heterocycles. The summed E-state index contributed by atoms with van der Waals surface area (Å²) in [5, 5.41) is 40.4. The first kappa shape index (κ1) is 31.7. The van der Waals surface area contributed by atoms with E-state index in [0.717, 1.165) is 43.4 Å². The quantitative estimate of drug-likeness (QED) is 0.281. The molecule has 0 radical (unpaired) electrons. The predicted octanol–water partition coefficient (Wildman–Crippen LogP) is 5.63. The lowest BCUT2D eigenvalue weighted by molar-refractivity contribution is -0.313. The van der Waals surface area contributed by atoms with Gasteiger partial charge >= 0.3 is 0 Å². The van der Waals surface area contributed by atoms with Crippen LogP contribution in [0.4, 0.5) is 0 Å². The summed E-state index contributed by atoms with van der Waals surface area (Å²) in [6.07, 6.45) is 11.9. The third-order valence-corrected chi connectivity index (χ3v) is 12.9. The highest BCUT2D eigenvalue weighted by atomic mass is 16.7. The van der Waals surface area contributed by atoms with Crippen molar-refractivity contribution in [1.29, 1.82) is 0 Å². The molecule has 5 aliphatic rings. The molecule has 0 aromatic rings. The minimum atomic E-state index is -1.40. The van der Waals surface area contributed by atoms with E-state index < -0.39 is 37.3 Å². The monoisotopic (exact) mass is 574 g/mol. The highest BCUT2D eigenvalue weighted by molar-refractivity contribution is 5.25. The molecule has 0 aromatic heterocycles. The van der Waals surface area contributed by atoms with E-state index in [1.54, 1.807) is 0 Å². The largest absolute Gasteiger partial charge is 0.394 e.